The molecule has 17 heavy (non-hydrogen) atoms. The smallest absolute Gasteiger partial charge is 0.223 e. The summed E-state index contributed by atoms with van der Waals surface area (Å²) >= 11 is 0. The zero-order chi connectivity index (χ0) is 12.9. The van der Waals surface area contributed by atoms with E-state index in [9.17, 15) is 9.90 Å². The number of carbonyl (C=O) groups excluding carboxylic acids is 1. The molecule has 0 radical (unpaired) electrons. The molecule has 0 aromatic rings. The second-order valence-electron chi connectivity index (χ2n) is 5.08. The number of nitrogens with zero attached hydrogens (tertiary/aromatic N) is 1. The minimum absolute atomic E-state index is 0.0922. The zero-order valence-corrected chi connectivity index (χ0v) is 10.9. The van der Waals surface area contributed by atoms with E-state index in [-0.39, 0.29) is 24.0 Å². The van der Waals surface area contributed by atoms with Crippen molar-refractivity contribution in [2.24, 2.45) is 5.92 Å². The Morgan fingerprint density at radius 2 is 2.12 bits per heavy atom. The number of aliphatic hydroxyl groups is 1. The van der Waals surface area contributed by atoms with Gasteiger partial charge in [-0.05, 0) is 39.8 Å². The van der Waals surface area contributed by atoms with Crippen LogP contribution in [0.3, 0.4) is 0 Å². The predicted octanol–water partition coefficient (Wildman–Crippen LogP) is 0.771. The summed E-state index contributed by atoms with van der Waals surface area (Å²) in [6, 6.07) is 0. The van der Waals surface area contributed by atoms with E-state index >= 15 is 0 Å². The lowest BCUT2D eigenvalue weighted by molar-refractivity contribution is -0.127. The van der Waals surface area contributed by atoms with Gasteiger partial charge in [-0.1, -0.05) is 6.08 Å². The van der Waals surface area contributed by atoms with Gasteiger partial charge in [0, 0.05) is 18.0 Å². The summed E-state index contributed by atoms with van der Waals surface area (Å²) in [7, 11) is 3.99. The molecule has 0 aliphatic heterocycles. The van der Waals surface area contributed by atoms with E-state index < -0.39 is 0 Å². The van der Waals surface area contributed by atoms with Crippen LogP contribution < -0.4 is 5.32 Å². The van der Waals surface area contributed by atoms with Gasteiger partial charge in [0.15, 0.2) is 0 Å². The third-order valence-corrected chi connectivity index (χ3v) is 3.95. The van der Waals surface area contributed by atoms with Crippen LogP contribution in [-0.4, -0.2) is 48.7 Å². The number of rotatable bonds is 5. The van der Waals surface area contributed by atoms with Gasteiger partial charge in [0.05, 0.1) is 6.61 Å². The summed E-state index contributed by atoms with van der Waals surface area (Å²) in [6.45, 7) is 4.29. The minimum Gasteiger partial charge on any atom is -0.394 e. The molecule has 1 amide bonds. The van der Waals surface area contributed by atoms with Gasteiger partial charge < -0.3 is 15.3 Å². The molecule has 0 saturated heterocycles. The normalized spacial score (nSPS) is 29.1. The SMILES string of the molecule is C=CCNC(=O)C1CCC(CO)(N(C)C)CC1. The first-order valence-corrected chi connectivity index (χ1v) is 6.22. The van der Waals surface area contributed by atoms with Crippen LogP contribution in [0.1, 0.15) is 25.7 Å². The molecule has 0 atom stereocenters. The van der Waals surface area contributed by atoms with Crippen molar-refractivity contribution in [2.75, 3.05) is 27.2 Å². The molecule has 0 heterocycles. The third kappa shape index (κ3) is 3.30. The Bertz CT molecular complexity index is 269. The maximum Gasteiger partial charge on any atom is 0.223 e. The average Bonchev–Trinajstić information content (AvgIpc) is 2.35. The lowest BCUT2D eigenvalue weighted by Gasteiger charge is -2.43. The molecule has 0 aromatic heterocycles. The van der Waals surface area contributed by atoms with Crippen molar-refractivity contribution in [1.82, 2.24) is 10.2 Å². The van der Waals surface area contributed by atoms with E-state index in [2.05, 4.69) is 16.8 Å². The second kappa shape index (κ2) is 6.17. The number of likely N-dealkylation sites (N-methyl/N-ethyl adjacent to an activating group) is 1. The standard InChI is InChI=1S/C13H24N2O2/c1-4-9-14-12(17)11-5-7-13(10-16,8-6-11)15(2)3/h4,11,16H,1,5-10H2,2-3H3,(H,14,17). The van der Waals surface area contributed by atoms with E-state index in [1.54, 1.807) is 6.08 Å². The monoisotopic (exact) mass is 240 g/mol. The number of amides is 1. The molecule has 1 rings (SSSR count). The molecule has 1 aliphatic rings. The van der Waals surface area contributed by atoms with Crippen molar-refractivity contribution in [3.63, 3.8) is 0 Å². The summed E-state index contributed by atoms with van der Waals surface area (Å²) in [5.41, 5.74) is -0.130. The van der Waals surface area contributed by atoms with Gasteiger partial charge in [-0.25, -0.2) is 0 Å². The molecular formula is C13H24N2O2. The number of aliphatic hydroxyl groups excluding tert-OH is 1. The van der Waals surface area contributed by atoms with E-state index in [1.807, 2.05) is 14.1 Å². The first-order valence-electron chi connectivity index (χ1n) is 6.22. The molecule has 98 valence electrons. The quantitative estimate of drug-likeness (QED) is 0.698. The van der Waals surface area contributed by atoms with Crippen LogP contribution >= 0.6 is 0 Å². The Kier molecular flexibility index (Phi) is 5.15. The molecule has 4 nitrogen and oxygen atoms in total. The summed E-state index contributed by atoms with van der Waals surface area (Å²) in [4.78, 5) is 13.9. The fraction of sp³-hybridized carbons (Fsp3) is 0.769. The number of hydrogen-bond donors (Lipinski definition) is 2. The summed E-state index contributed by atoms with van der Waals surface area (Å²) in [6.07, 6.45) is 5.15. The Morgan fingerprint density at radius 1 is 1.53 bits per heavy atom. The van der Waals surface area contributed by atoms with Crippen molar-refractivity contribution in [2.45, 2.75) is 31.2 Å². The van der Waals surface area contributed by atoms with E-state index in [0.29, 0.717) is 6.54 Å². The van der Waals surface area contributed by atoms with Crippen molar-refractivity contribution in [3.8, 4) is 0 Å². The molecule has 0 unspecified atom stereocenters. The van der Waals surface area contributed by atoms with Gasteiger partial charge in [0.1, 0.15) is 0 Å². The molecule has 0 bridgehead atoms. The first kappa shape index (κ1) is 14.2. The van der Waals surface area contributed by atoms with Gasteiger partial charge in [0.25, 0.3) is 0 Å². The highest BCUT2D eigenvalue weighted by molar-refractivity contribution is 5.78. The van der Waals surface area contributed by atoms with Gasteiger partial charge in [-0.3, -0.25) is 4.79 Å². The zero-order valence-electron chi connectivity index (χ0n) is 10.9. The van der Waals surface area contributed by atoms with E-state index in [0.717, 1.165) is 25.7 Å². The van der Waals surface area contributed by atoms with Crippen molar-refractivity contribution in [3.05, 3.63) is 12.7 Å². The lowest BCUT2D eigenvalue weighted by Crippen LogP contribution is -2.51. The Labute approximate surface area is 104 Å². The maximum absolute atomic E-state index is 11.8. The van der Waals surface area contributed by atoms with Crippen molar-refractivity contribution in [1.29, 1.82) is 0 Å². The third-order valence-electron chi connectivity index (χ3n) is 3.95. The van der Waals surface area contributed by atoms with Crippen molar-refractivity contribution < 1.29 is 9.90 Å². The van der Waals surface area contributed by atoms with Crippen LogP contribution in [0.15, 0.2) is 12.7 Å². The Hall–Kier alpha value is -0.870. The molecule has 4 heteroatoms. The van der Waals surface area contributed by atoms with Gasteiger partial charge in [-0.15, -0.1) is 6.58 Å². The molecule has 2 N–H and O–H groups in total. The number of hydrogen-bond acceptors (Lipinski definition) is 3. The van der Waals surface area contributed by atoms with Crippen LogP contribution in [0.5, 0.6) is 0 Å². The van der Waals surface area contributed by atoms with Crippen LogP contribution in [0.4, 0.5) is 0 Å². The fourth-order valence-electron chi connectivity index (χ4n) is 2.48. The number of nitrogens with one attached hydrogen (secondary N) is 1. The molecule has 0 spiro atoms. The maximum atomic E-state index is 11.8. The van der Waals surface area contributed by atoms with E-state index in [1.165, 1.54) is 0 Å². The highest BCUT2D eigenvalue weighted by Gasteiger charge is 2.38. The Balaban J connectivity index is 2.49. The van der Waals surface area contributed by atoms with Crippen LogP contribution in [0, 0.1) is 5.92 Å². The minimum atomic E-state index is -0.130. The highest BCUT2D eigenvalue weighted by Crippen LogP contribution is 2.35. The van der Waals surface area contributed by atoms with Crippen LogP contribution in [-0.2, 0) is 4.79 Å². The summed E-state index contributed by atoms with van der Waals surface area (Å²) in [5, 5.41) is 12.4. The molecule has 1 fully saturated rings. The first-order chi connectivity index (χ1) is 8.05. The largest absolute Gasteiger partial charge is 0.394 e. The van der Waals surface area contributed by atoms with Crippen LogP contribution in [0.2, 0.25) is 0 Å². The highest BCUT2D eigenvalue weighted by atomic mass is 16.3. The molecular weight excluding hydrogens is 216 g/mol. The molecule has 1 aliphatic carbocycles. The fourth-order valence-corrected chi connectivity index (χ4v) is 2.48. The molecule has 1 saturated carbocycles. The second-order valence-corrected chi connectivity index (χ2v) is 5.08. The van der Waals surface area contributed by atoms with Gasteiger partial charge in [0.2, 0.25) is 5.91 Å². The molecule has 0 aromatic carbocycles. The van der Waals surface area contributed by atoms with E-state index in [4.69, 9.17) is 0 Å². The summed E-state index contributed by atoms with van der Waals surface area (Å²) < 4.78 is 0. The topological polar surface area (TPSA) is 52.6 Å². The van der Waals surface area contributed by atoms with Crippen molar-refractivity contribution >= 4 is 5.91 Å². The predicted molar refractivity (Wildman–Crippen MR) is 68.7 cm³/mol. The van der Waals surface area contributed by atoms with Gasteiger partial charge >= 0.3 is 0 Å². The number of carbonyl (C=O) groups is 1. The Morgan fingerprint density at radius 3 is 2.53 bits per heavy atom. The van der Waals surface area contributed by atoms with Gasteiger partial charge in [-0.2, -0.15) is 0 Å². The summed E-state index contributed by atoms with van der Waals surface area (Å²) in [5.74, 6) is 0.213. The lowest BCUT2D eigenvalue weighted by atomic mass is 9.76. The average molecular weight is 240 g/mol. The van der Waals surface area contributed by atoms with Crippen LogP contribution in [0.25, 0.3) is 0 Å².